The summed E-state index contributed by atoms with van der Waals surface area (Å²) >= 11 is 6.17. The van der Waals surface area contributed by atoms with E-state index >= 15 is 0 Å². The minimum atomic E-state index is -0.240. The fraction of sp³-hybridized carbons (Fsp3) is 0.550. The van der Waals surface area contributed by atoms with Crippen LogP contribution in [0.1, 0.15) is 25.2 Å². The first kappa shape index (κ1) is 24.8. The van der Waals surface area contributed by atoms with Gasteiger partial charge in [0.2, 0.25) is 0 Å². The van der Waals surface area contributed by atoms with Crippen LogP contribution in [0.3, 0.4) is 0 Å². The van der Waals surface area contributed by atoms with Crippen molar-refractivity contribution in [2.45, 2.75) is 33.4 Å². The van der Waals surface area contributed by atoms with Gasteiger partial charge in [0.25, 0.3) is 0 Å². The van der Waals surface area contributed by atoms with Crippen molar-refractivity contribution in [1.82, 2.24) is 29.9 Å². The monoisotopic (exact) mass is 549 g/mol. The van der Waals surface area contributed by atoms with Crippen molar-refractivity contribution in [3.05, 3.63) is 46.8 Å². The number of nitrogens with zero attached hydrogens (tertiary/aromatic N) is 6. The molecule has 1 saturated heterocycles. The lowest BCUT2D eigenvalue weighted by Crippen LogP contribution is -2.52. The third-order valence-electron chi connectivity index (χ3n) is 5.06. The maximum absolute atomic E-state index is 14.1. The zero-order valence-corrected chi connectivity index (χ0v) is 20.6. The Morgan fingerprint density at radius 3 is 2.67 bits per heavy atom. The first-order chi connectivity index (χ1) is 14.1. The highest BCUT2D eigenvalue weighted by molar-refractivity contribution is 14.0. The van der Waals surface area contributed by atoms with E-state index in [9.17, 15) is 4.39 Å². The Labute approximate surface area is 199 Å². The summed E-state index contributed by atoms with van der Waals surface area (Å²) in [5, 5.41) is 11.9. The van der Waals surface area contributed by atoms with E-state index in [0.717, 1.165) is 57.5 Å². The molecule has 0 spiro atoms. The van der Waals surface area contributed by atoms with E-state index in [1.54, 1.807) is 18.5 Å². The number of hydrogen-bond acceptors (Lipinski definition) is 4. The highest BCUT2D eigenvalue weighted by Crippen LogP contribution is 2.21. The highest BCUT2D eigenvalue weighted by atomic mass is 127. The number of halogens is 3. The molecule has 1 aromatic carbocycles. The van der Waals surface area contributed by atoms with Crippen LogP contribution in [-0.4, -0.2) is 69.8 Å². The molecule has 10 heteroatoms. The van der Waals surface area contributed by atoms with E-state index in [-0.39, 0.29) is 29.8 Å². The normalized spacial score (nSPS) is 15.2. The number of aryl methyl sites for hydroxylation is 1. The zero-order valence-electron chi connectivity index (χ0n) is 17.5. The van der Waals surface area contributed by atoms with Gasteiger partial charge >= 0.3 is 0 Å². The van der Waals surface area contributed by atoms with Gasteiger partial charge in [-0.25, -0.2) is 4.39 Å². The standard InChI is InChI=1S/C20H29ClFN7.HI/c1-3-19-26-25-15-29(19)9-8-24-20(23-4-2)28-12-10-27(11-13-28)14-16-17(21)6-5-7-18(16)22;/h5-7,15H,3-4,8-14H2,1-2H3,(H,23,24);1H. The molecule has 0 saturated carbocycles. The van der Waals surface area contributed by atoms with Crippen molar-refractivity contribution in [2.24, 2.45) is 4.99 Å². The molecule has 166 valence electrons. The molecule has 1 aliphatic rings. The average Bonchev–Trinajstić information content (AvgIpc) is 3.18. The summed E-state index contributed by atoms with van der Waals surface area (Å²) in [6.45, 7) is 10.3. The smallest absolute Gasteiger partial charge is 0.194 e. The molecular formula is C20H30ClFIN7. The van der Waals surface area contributed by atoms with Gasteiger partial charge in [-0.05, 0) is 19.1 Å². The summed E-state index contributed by atoms with van der Waals surface area (Å²) in [5.74, 6) is 1.66. The van der Waals surface area contributed by atoms with Gasteiger partial charge < -0.3 is 14.8 Å². The van der Waals surface area contributed by atoms with Crippen LogP contribution >= 0.6 is 35.6 Å². The molecule has 0 unspecified atom stereocenters. The number of guanidine groups is 1. The lowest BCUT2D eigenvalue weighted by molar-refractivity contribution is 0.171. The van der Waals surface area contributed by atoms with E-state index in [4.69, 9.17) is 16.6 Å². The minimum absolute atomic E-state index is 0. The highest BCUT2D eigenvalue weighted by Gasteiger charge is 2.21. The molecule has 0 bridgehead atoms. The molecule has 30 heavy (non-hydrogen) atoms. The summed E-state index contributed by atoms with van der Waals surface area (Å²) in [5.41, 5.74) is 0.573. The number of hydrogen-bond donors (Lipinski definition) is 1. The molecule has 2 aromatic rings. The second-order valence-corrected chi connectivity index (χ2v) is 7.40. The summed E-state index contributed by atoms with van der Waals surface area (Å²) in [4.78, 5) is 9.27. The van der Waals surface area contributed by atoms with E-state index in [1.165, 1.54) is 6.07 Å². The van der Waals surface area contributed by atoms with Gasteiger partial charge in [0, 0.05) is 62.8 Å². The summed E-state index contributed by atoms with van der Waals surface area (Å²) in [6, 6.07) is 4.85. The number of benzene rings is 1. The number of aliphatic imine (C=N–C) groups is 1. The number of aromatic nitrogens is 3. The average molecular weight is 550 g/mol. The van der Waals surface area contributed by atoms with Crippen LogP contribution in [0.2, 0.25) is 5.02 Å². The van der Waals surface area contributed by atoms with Gasteiger partial charge in [0.05, 0.1) is 6.54 Å². The van der Waals surface area contributed by atoms with Crippen molar-refractivity contribution in [2.75, 3.05) is 39.3 Å². The maximum Gasteiger partial charge on any atom is 0.194 e. The molecule has 1 N–H and O–H groups in total. The fourth-order valence-corrected chi connectivity index (χ4v) is 3.68. The molecule has 3 rings (SSSR count). The number of nitrogens with one attached hydrogen (secondary N) is 1. The van der Waals surface area contributed by atoms with Crippen molar-refractivity contribution >= 4 is 41.5 Å². The van der Waals surface area contributed by atoms with Crippen molar-refractivity contribution in [1.29, 1.82) is 0 Å². The third-order valence-corrected chi connectivity index (χ3v) is 5.42. The predicted molar refractivity (Wildman–Crippen MR) is 129 cm³/mol. The largest absolute Gasteiger partial charge is 0.357 e. The molecule has 1 fully saturated rings. The Morgan fingerprint density at radius 1 is 1.23 bits per heavy atom. The van der Waals surface area contributed by atoms with Crippen LogP contribution < -0.4 is 5.32 Å². The zero-order chi connectivity index (χ0) is 20.6. The van der Waals surface area contributed by atoms with E-state index in [2.05, 4.69) is 39.2 Å². The molecule has 2 heterocycles. The van der Waals surface area contributed by atoms with E-state index in [0.29, 0.717) is 23.7 Å². The lowest BCUT2D eigenvalue weighted by atomic mass is 10.2. The molecule has 7 nitrogen and oxygen atoms in total. The molecule has 0 aliphatic carbocycles. The first-order valence-corrected chi connectivity index (χ1v) is 10.5. The molecular weight excluding hydrogens is 520 g/mol. The molecule has 0 amide bonds. The second-order valence-electron chi connectivity index (χ2n) is 6.99. The van der Waals surface area contributed by atoms with Gasteiger partial charge in [-0.15, -0.1) is 34.2 Å². The van der Waals surface area contributed by atoms with Crippen molar-refractivity contribution < 1.29 is 4.39 Å². The Hall–Kier alpha value is -1.46. The van der Waals surface area contributed by atoms with Gasteiger partial charge in [-0.1, -0.05) is 24.6 Å². The van der Waals surface area contributed by atoms with Crippen LogP contribution in [0.4, 0.5) is 4.39 Å². The first-order valence-electron chi connectivity index (χ1n) is 10.2. The molecule has 1 aliphatic heterocycles. The van der Waals surface area contributed by atoms with Crippen molar-refractivity contribution in [3.63, 3.8) is 0 Å². The minimum Gasteiger partial charge on any atom is -0.357 e. The Morgan fingerprint density at radius 2 is 2.00 bits per heavy atom. The van der Waals surface area contributed by atoms with E-state index < -0.39 is 0 Å². The van der Waals surface area contributed by atoms with Crippen LogP contribution in [0.25, 0.3) is 0 Å². The number of rotatable bonds is 7. The van der Waals surface area contributed by atoms with Gasteiger partial charge in [-0.2, -0.15) is 0 Å². The van der Waals surface area contributed by atoms with Gasteiger partial charge in [0.1, 0.15) is 18.0 Å². The lowest BCUT2D eigenvalue weighted by Gasteiger charge is -2.36. The van der Waals surface area contributed by atoms with Crippen LogP contribution in [0, 0.1) is 5.82 Å². The van der Waals surface area contributed by atoms with Crippen LogP contribution in [0.5, 0.6) is 0 Å². The quantitative estimate of drug-likeness (QED) is 0.327. The predicted octanol–water partition coefficient (Wildman–Crippen LogP) is 3.03. The fourth-order valence-electron chi connectivity index (χ4n) is 3.45. The molecule has 0 radical (unpaired) electrons. The van der Waals surface area contributed by atoms with E-state index in [1.807, 2.05) is 4.57 Å². The van der Waals surface area contributed by atoms with Crippen LogP contribution in [-0.2, 0) is 19.5 Å². The summed E-state index contributed by atoms with van der Waals surface area (Å²) < 4.78 is 16.1. The summed E-state index contributed by atoms with van der Waals surface area (Å²) in [7, 11) is 0. The Kier molecular flexibility index (Phi) is 10.3. The van der Waals surface area contributed by atoms with Crippen molar-refractivity contribution in [3.8, 4) is 0 Å². The van der Waals surface area contributed by atoms with Gasteiger partial charge in [0.15, 0.2) is 5.96 Å². The number of piperazine rings is 1. The topological polar surface area (TPSA) is 61.6 Å². The van der Waals surface area contributed by atoms with Crippen LogP contribution in [0.15, 0.2) is 29.5 Å². The van der Waals surface area contributed by atoms with Gasteiger partial charge in [-0.3, -0.25) is 9.89 Å². The SMILES string of the molecule is CCNC(=NCCn1cnnc1CC)N1CCN(Cc2c(F)cccc2Cl)CC1.I. The molecule has 1 aromatic heterocycles. The summed E-state index contributed by atoms with van der Waals surface area (Å²) in [6.07, 6.45) is 2.62. The maximum atomic E-state index is 14.1. The Balaban J connectivity index is 0.00000320. The third kappa shape index (κ3) is 6.52. The Bertz CT molecular complexity index is 801. The molecule has 0 atom stereocenters. The second kappa shape index (κ2) is 12.4.